The first kappa shape index (κ1) is 16.7. The summed E-state index contributed by atoms with van der Waals surface area (Å²) in [5.41, 5.74) is 1.02. The quantitative estimate of drug-likeness (QED) is 0.446. The molecular formula is C18H22O6. The van der Waals surface area contributed by atoms with Gasteiger partial charge in [-0.3, -0.25) is 4.79 Å². The number of hydrogen-bond acceptors (Lipinski definition) is 6. The van der Waals surface area contributed by atoms with E-state index in [-0.39, 0.29) is 47.7 Å². The minimum absolute atomic E-state index is 0.0283. The van der Waals surface area contributed by atoms with E-state index in [1.165, 1.54) is 0 Å². The van der Waals surface area contributed by atoms with Crippen LogP contribution in [0, 0.1) is 17.8 Å². The monoisotopic (exact) mass is 334 g/mol. The van der Waals surface area contributed by atoms with Crippen LogP contribution in [0.3, 0.4) is 0 Å². The fourth-order valence-corrected chi connectivity index (χ4v) is 3.84. The first-order valence-electron chi connectivity index (χ1n) is 8.27. The van der Waals surface area contributed by atoms with E-state index in [0.717, 1.165) is 6.42 Å². The minimum atomic E-state index is -0.579. The topological polar surface area (TPSA) is 78.9 Å². The molecule has 6 heteroatoms. The summed E-state index contributed by atoms with van der Waals surface area (Å²) < 4.78 is 15.8. The average molecular weight is 334 g/mol. The van der Waals surface area contributed by atoms with Crippen LogP contribution in [-0.4, -0.2) is 30.1 Å². The molecule has 1 aliphatic heterocycles. The number of ether oxygens (including phenoxy) is 3. The molecule has 130 valence electrons. The predicted molar refractivity (Wildman–Crippen MR) is 83.4 cm³/mol. The van der Waals surface area contributed by atoms with Gasteiger partial charge in [-0.05, 0) is 51.9 Å². The van der Waals surface area contributed by atoms with Crippen molar-refractivity contribution < 1.29 is 28.6 Å². The predicted octanol–water partition coefficient (Wildman–Crippen LogP) is 2.28. The zero-order chi connectivity index (χ0) is 17.6. The average Bonchev–Trinajstić information content (AvgIpc) is 3.16. The lowest BCUT2D eigenvalue weighted by molar-refractivity contribution is -0.155. The highest BCUT2D eigenvalue weighted by molar-refractivity contribution is 5.93. The molecule has 0 amide bonds. The summed E-state index contributed by atoms with van der Waals surface area (Å²) in [6, 6.07) is 0. The van der Waals surface area contributed by atoms with E-state index in [9.17, 15) is 14.4 Å². The Balaban J connectivity index is 1.60. The summed E-state index contributed by atoms with van der Waals surface area (Å²) in [5, 5.41) is 0. The molecule has 3 aliphatic rings. The second kappa shape index (κ2) is 6.07. The normalized spacial score (nSPS) is 34.3. The highest BCUT2D eigenvalue weighted by Crippen LogP contribution is 2.50. The van der Waals surface area contributed by atoms with E-state index < -0.39 is 5.97 Å². The number of cyclic esters (lactones) is 1. The fraction of sp³-hybridized carbons (Fsp3) is 0.611. The van der Waals surface area contributed by atoms with Crippen molar-refractivity contribution in [3.63, 3.8) is 0 Å². The van der Waals surface area contributed by atoms with Crippen LogP contribution in [0.25, 0.3) is 0 Å². The van der Waals surface area contributed by atoms with Gasteiger partial charge in [0.1, 0.15) is 12.2 Å². The Morgan fingerprint density at radius 3 is 2.42 bits per heavy atom. The van der Waals surface area contributed by atoms with Crippen molar-refractivity contribution in [3.8, 4) is 0 Å². The van der Waals surface area contributed by atoms with Crippen molar-refractivity contribution >= 4 is 17.9 Å². The molecule has 0 aromatic heterocycles. The molecule has 0 aromatic rings. The summed E-state index contributed by atoms with van der Waals surface area (Å²) in [6.07, 6.45) is 1.61. The van der Waals surface area contributed by atoms with Gasteiger partial charge in [0.2, 0.25) is 5.76 Å². The number of carbonyl (C=O) groups excluding carboxylic acids is 3. The van der Waals surface area contributed by atoms with Crippen LogP contribution in [0.4, 0.5) is 0 Å². The van der Waals surface area contributed by atoms with Gasteiger partial charge in [-0.2, -0.15) is 0 Å². The zero-order valence-electron chi connectivity index (χ0n) is 14.2. The maximum atomic E-state index is 12.4. The summed E-state index contributed by atoms with van der Waals surface area (Å²) >= 11 is 0. The maximum Gasteiger partial charge on any atom is 0.375 e. The summed E-state index contributed by atoms with van der Waals surface area (Å²) in [4.78, 5) is 35.8. The van der Waals surface area contributed by atoms with Crippen LogP contribution in [-0.2, 0) is 28.6 Å². The molecule has 0 radical (unpaired) electrons. The van der Waals surface area contributed by atoms with Crippen molar-refractivity contribution in [3.05, 3.63) is 23.5 Å². The van der Waals surface area contributed by atoms with Gasteiger partial charge in [-0.25, -0.2) is 9.59 Å². The molecule has 0 aromatic carbocycles. The molecule has 5 atom stereocenters. The Hall–Kier alpha value is -2.11. The van der Waals surface area contributed by atoms with E-state index in [1.54, 1.807) is 20.8 Å². The van der Waals surface area contributed by atoms with E-state index in [4.69, 9.17) is 14.2 Å². The lowest BCUT2D eigenvalue weighted by Crippen LogP contribution is -2.31. The molecular weight excluding hydrogens is 312 g/mol. The van der Waals surface area contributed by atoms with Crippen LogP contribution in [0.1, 0.15) is 40.0 Å². The van der Waals surface area contributed by atoms with Crippen LogP contribution in [0.5, 0.6) is 0 Å². The molecule has 2 fully saturated rings. The van der Waals surface area contributed by atoms with E-state index in [0.29, 0.717) is 24.0 Å². The first-order chi connectivity index (χ1) is 11.3. The molecule has 5 unspecified atom stereocenters. The Morgan fingerprint density at radius 2 is 1.92 bits per heavy atom. The van der Waals surface area contributed by atoms with E-state index >= 15 is 0 Å². The Labute approximate surface area is 140 Å². The third-order valence-corrected chi connectivity index (χ3v) is 5.34. The molecule has 24 heavy (non-hydrogen) atoms. The molecule has 2 bridgehead atoms. The van der Waals surface area contributed by atoms with Crippen molar-refractivity contribution in [1.29, 1.82) is 0 Å². The third-order valence-electron chi connectivity index (χ3n) is 5.34. The molecule has 1 heterocycles. The van der Waals surface area contributed by atoms with Gasteiger partial charge >= 0.3 is 17.9 Å². The molecule has 2 aliphatic carbocycles. The van der Waals surface area contributed by atoms with E-state index in [1.807, 2.05) is 0 Å². The van der Waals surface area contributed by atoms with Crippen molar-refractivity contribution in [2.75, 3.05) is 0 Å². The first-order valence-corrected chi connectivity index (χ1v) is 8.27. The largest absolute Gasteiger partial charge is 0.459 e. The zero-order valence-corrected chi connectivity index (χ0v) is 14.2. The van der Waals surface area contributed by atoms with Crippen LogP contribution >= 0.6 is 0 Å². The third kappa shape index (κ3) is 2.85. The van der Waals surface area contributed by atoms with Crippen LogP contribution in [0.15, 0.2) is 23.5 Å². The number of fused-ring (bicyclic) bond motifs is 2. The number of rotatable bonds is 4. The standard InChI is InChI=1S/C18H22O6/c1-8(2)16(19)23-14-7-11-5-12(14)6-13(11)17(20)24-15-9(3)10(4)22-18(15)21/h10-14H,1,5-7H2,2-4H3. The second-order valence-corrected chi connectivity index (χ2v) is 7.04. The van der Waals surface area contributed by atoms with Crippen LogP contribution < -0.4 is 0 Å². The Bertz CT molecular complexity index is 646. The molecule has 0 N–H and O–H groups in total. The number of hydrogen-bond donors (Lipinski definition) is 0. The van der Waals surface area contributed by atoms with Gasteiger partial charge in [-0.1, -0.05) is 6.58 Å². The minimum Gasteiger partial charge on any atom is -0.459 e. The van der Waals surface area contributed by atoms with Gasteiger partial charge in [0.05, 0.1) is 5.92 Å². The van der Waals surface area contributed by atoms with Crippen molar-refractivity contribution in [2.24, 2.45) is 17.8 Å². The lowest BCUT2D eigenvalue weighted by atomic mass is 9.87. The highest BCUT2D eigenvalue weighted by Gasteiger charge is 2.51. The molecule has 0 saturated heterocycles. The fourth-order valence-electron chi connectivity index (χ4n) is 3.84. The van der Waals surface area contributed by atoms with Crippen LogP contribution in [0.2, 0.25) is 0 Å². The Kier molecular flexibility index (Phi) is 4.24. The van der Waals surface area contributed by atoms with Gasteiger partial charge in [0.25, 0.3) is 0 Å². The number of carbonyl (C=O) groups is 3. The molecule has 3 rings (SSSR count). The smallest absolute Gasteiger partial charge is 0.375 e. The van der Waals surface area contributed by atoms with Gasteiger partial charge in [0, 0.05) is 11.1 Å². The highest BCUT2D eigenvalue weighted by atomic mass is 16.6. The van der Waals surface area contributed by atoms with Crippen molar-refractivity contribution in [1.82, 2.24) is 0 Å². The van der Waals surface area contributed by atoms with Gasteiger partial charge < -0.3 is 14.2 Å². The number of esters is 3. The molecule has 2 saturated carbocycles. The summed E-state index contributed by atoms with van der Waals surface area (Å²) in [5.74, 6) is -1.27. The molecule has 6 nitrogen and oxygen atoms in total. The SMILES string of the molecule is C=C(C)C(=O)OC1CC2CC1CC2C(=O)OC1=C(C)C(C)OC1=O. The maximum absolute atomic E-state index is 12.4. The summed E-state index contributed by atoms with van der Waals surface area (Å²) in [7, 11) is 0. The van der Waals surface area contributed by atoms with Crippen molar-refractivity contribution in [2.45, 2.75) is 52.2 Å². The lowest BCUT2D eigenvalue weighted by Gasteiger charge is -2.26. The van der Waals surface area contributed by atoms with Gasteiger partial charge in [-0.15, -0.1) is 0 Å². The summed E-state index contributed by atoms with van der Waals surface area (Å²) in [6.45, 7) is 8.67. The van der Waals surface area contributed by atoms with E-state index in [2.05, 4.69) is 6.58 Å². The molecule has 0 spiro atoms. The Morgan fingerprint density at radius 1 is 1.21 bits per heavy atom. The van der Waals surface area contributed by atoms with Gasteiger partial charge in [0.15, 0.2) is 0 Å². The second-order valence-electron chi connectivity index (χ2n) is 7.04.